The van der Waals surface area contributed by atoms with Gasteiger partial charge in [-0.05, 0) is 36.8 Å². The van der Waals surface area contributed by atoms with Gasteiger partial charge in [-0.25, -0.2) is 9.97 Å². The van der Waals surface area contributed by atoms with Gasteiger partial charge in [0.1, 0.15) is 5.82 Å². The maximum Gasteiger partial charge on any atom is 0.162 e. The number of aryl methyl sites for hydroxylation is 1. The number of nitrogens with zero attached hydrogens (tertiary/aromatic N) is 3. The summed E-state index contributed by atoms with van der Waals surface area (Å²) in [4.78, 5) is 9.62. The third kappa shape index (κ3) is 2.69. The van der Waals surface area contributed by atoms with Crippen LogP contribution in [0.5, 0.6) is 0 Å². The highest BCUT2D eigenvalue weighted by atomic mass is 15.2. The van der Waals surface area contributed by atoms with Crippen molar-refractivity contribution in [3.63, 3.8) is 0 Å². The molecule has 0 fully saturated rings. The van der Waals surface area contributed by atoms with E-state index >= 15 is 0 Å². The van der Waals surface area contributed by atoms with E-state index in [1.54, 1.807) is 0 Å². The molecule has 0 bridgehead atoms. The lowest BCUT2D eigenvalue weighted by molar-refractivity contribution is 1.11. The van der Waals surface area contributed by atoms with Gasteiger partial charge in [-0.15, -0.1) is 0 Å². The second kappa shape index (κ2) is 6.21. The van der Waals surface area contributed by atoms with Gasteiger partial charge < -0.3 is 5.32 Å². The van der Waals surface area contributed by atoms with Crippen LogP contribution in [-0.4, -0.2) is 20.2 Å². The molecule has 5 nitrogen and oxygen atoms in total. The van der Waals surface area contributed by atoms with E-state index in [-0.39, 0.29) is 0 Å². The van der Waals surface area contributed by atoms with E-state index in [4.69, 9.17) is 9.97 Å². The number of aromatic nitrogens is 4. The minimum Gasteiger partial charge on any atom is -0.322 e. The largest absolute Gasteiger partial charge is 0.322 e. The molecule has 0 aliphatic carbocycles. The zero-order valence-electron chi connectivity index (χ0n) is 14.8. The highest BCUT2D eigenvalue weighted by Crippen LogP contribution is 2.30. The Balaban J connectivity index is 1.70. The zero-order valence-corrected chi connectivity index (χ0v) is 14.8. The van der Waals surface area contributed by atoms with Crippen LogP contribution in [-0.2, 0) is 0 Å². The second-order valence-corrected chi connectivity index (χ2v) is 6.47. The Labute approximate surface area is 156 Å². The number of hydrogen-bond acceptors (Lipinski definition) is 4. The van der Waals surface area contributed by atoms with Crippen molar-refractivity contribution >= 4 is 33.4 Å². The third-order valence-electron chi connectivity index (χ3n) is 4.70. The predicted molar refractivity (Wildman–Crippen MR) is 109 cm³/mol. The predicted octanol–water partition coefficient (Wildman–Crippen LogP) is 5.23. The zero-order chi connectivity index (χ0) is 18.2. The van der Waals surface area contributed by atoms with E-state index in [0.717, 1.165) is 44.6 Å². The molecule has 0 amide bonds. The van der Waals surface area contributed by atoms with Crippen LogP contribution in [0, 0.1) is 6.92 Å². The molecule has 5 aromatic rings. The van der Waals surface area contributed by atoms with Crippen LogP contribution in [0.1, 0.15) is 5.56 Å². The Hall–Kier alpha value is -3.73. The molecule has 2 aromatic heterocycles. The number of rotatable bonds is 3. The van der Waals surface area contributed by atoms with E-state index in [1.807, 2.05) is 66.7 Å². The summed E-state index contributed by atoms with van der Waals surface area (Å²) < 4.78 is 0. The number of anilines is 2. The van der Waals surface area contributed by atoms with Crippen LogP contribution in [0.25, 0.3) is 33.2 Å². The van der Waals surface area contributed by atoms with Gasteiger partial charge in [0, 0.05) is 16.3 Å². The van der Waals surface area contributed by atoms with Crippen LogP contribution in [0.4, 0.5) is 11.6 Å². The maximum absolute atomic E-state index is 4.84. The molecule has 2 N–H and O–H groups in total. The Bertz CT molecular complexity index is 1270. The third-order valence-corrected chi connectivity index (χ3v) is 4.70. The first-order valence-corrected chi connectivity index (χ1v) is 8.82. The van der Waals surface area contributed by atoms with Crippen LogP contribution in [0.2, 0.25) is 0 Å². The highest BCUT2D eigenvalue weighted by Gasteiger charge is 2.13. The maximum atomic E-state index is 4.84. The molecule has 5 rings (SSSR count). The van der Waals surface area contributed by atoms with E-state index in [2.05, 4.69) is 28.5 Å². The molecule has 130 valence electrons. The summed E-state index contributed by atoms with van der Waals surface area (Å²) in [6, 6.07) is 24.2. The normalized spacial score (nSPS) is 11.1. The smallest absolute Gasteiger partial charge is 0.162 e. The number of fused-ring (bicyclic) bond motifs is 2. The van der Waals surface area contributed by atoms with Crippen LogP contribution in [0.15, 0.2) is 72.8 Å². The Morgan fingerprint density at radius 2 is 1.48 bits per heavy atom. The summed E-state index contributed by atoms with van der Waals surface area (Å²) in [6.45, 7) is 2.07. The van der Waals surface area contributed by atoms with Crippen LogP contribution < -0.4 is 5.32 Å². The van der Waals surface area contributed by atoms with Crippen molar-refractivity contribution in [3.8, 4) is 11.4 Å². The molecule has 0 aliphatic heterocycles. The van der Waals surface area contributed by atoms with Crippen LogP contribution >= 0.6 is 0 Å². The molecule has 0 unspecified atom stereocenters. The molecule has 0 radical (unpaired) electrons. The molecule has 3 aromatic carbocycles. The minimum absolute atomic E-state index is 0.703. The standard InChI is InChI=1S/C22H17N5/c1-14-8-2-3-9-15(14)20-23-18-12-6-4-10-16(18)21(24-20)25-22-17-11-5-7-13-19(17)26-27-22/h2-13H,1H3,(H2,23,24,25,26,27). The number of H-pyrrole nitrogens is 1. The summed E-state index contributed by atoms with van der Waals surface area (Å²) >= 11 is 0. The summed E-state index contributed by atoms with van der Waals surface area (Å²) in [5, 5.41) is 12.9. The molecule has 0 saturated carbocycles. The van der Waals surface area contributed by atoms with Gasteiger partial charge in [-0.3, -0.25) is 5.10 Å². The first-order chi connectivity index (χ1) is 13.3. The first-order valence-electron chi connectivity index (χ1n) is 8.82. The van der Waals surface area contributed by atoms with E-state index < -0.39 is 0 Å². The van der Waals surface area contributed by atoms with E-state index in [1.165, 1.54) is 0 Å². The van der Waals surface area contributed by atoms with Gasteiger partial charge in [0.15, 0.2) is 11.6 Å². The lowest BCUT2D eigenvalue weighted by Crippen LogP contribution is -2.00. The minimum atomic E-state index is 0.703. The fourth-order valence-corrected chi connectivity index (χ4v) is 3.29. The molecule has 0 saturated heterocycles. The van der Waals surface area contributed by atoms with Gasteiger partial charge in [-0.1, -0.05) is 48.5 Å². The van der Waals surface area contributed by atoms with Crippen molar-refractivity contribution in [2.45, 2.75) is 6.92 Å². The van der Waals surface area contributed by atoms with Crippen molar-refractivity contribution in [1.29, 1.82) is 0 Å². The van der Waals surface area contributed by atoms with E-state index in [9.17, 15) is 0 Å². The van der Waals surface area contributed by atoms with Gasteiger partial charge >= 0.3 is 0 Å². The summed E-state index contributed by atoms with van der Waals surface area (Å²) in [5.41, 5.74) is 4.05. The number of hydrogen-bond donors (Lipinski definition) is 2. The fraction of sp³-hybridized carbons (Fsp3) is 0.0455. The van der Waals surface area contributed by atoms with Gasteiger partial charge in [0.05, 0.1) is 11.0 Å². The lowest BCUT2D eigenvalue weighted by Gasteiger charge is -2.11. The molecule has 0 spiro atoms. The molecular formula is C22H17N5. The Kier molecular flexibility index (Phi) is 3.57. The molecule has 2 heterocycles. The van der Waals surface area contributed by atoms with Crippen molar-refractivity contribution in [2.75, 3.05) is 5.32 Å². The topological polar surface area (TPSA) is 66.5 Å². The summed E-state index contributed by atoms with van der Waals surface area (Å²) in [5.74, 6) is 2.20. The lowest BCUT2D eigenvalue weighted by atomic mass is 10.1. The van der Waals surface area contributed by atoms with Crippen LogP contribution in [0.3, 0.4) is 0 Å². The second-order valence-electron chi connectivity index (χ2n) is 6.47. The Morgan fingerprint density at radius 3 is 2.37 bits per heavy atom. The van der Waals surface area contributed by atoms with Crippen molar-refractivity contribution in [1.82, 2.24) is 20.2 Å². The monoisotopic (exact) mass is 351 g/mol. The fourth-order valence-electron chi connectivity index (χ4n) is 3.29. The first kappa shape index (κ1) is 15.5. The number of aromatic amines is 1. The van der Waals surface area contributed by atoms with Crippen molar-refractivity contribution in [2.24, 2.45) is 0 Å². The van der Waals surface area contributed by atoms with Gasteiger partial charge in [0.25, 0.3) is 0 Å². The quantitative estimate of drug-likeness (QED) is 0.467. The van der Waals surface area contributed by atoms with Crippen molar-refractivity contribution in [3.05, 3.63) is 78.4 Å². The Morgan fingerprint density at radius 1 is 0.741 bits per heavy atom. The average Bonchev–Trinajstić information content (AvgIpc) is 3.11. The highest BCUT2D eigenvalue weighted by molar-refractivity contribution is 5.96. The molecule has 5 heteroatoms. The number of para-hydroxylation sites is 2. The molecule has 0 aliphatic rings. The molecule has 27 heavy (non-hydrogen) atoms. The van der Waals surface area contributed by atoms with Gasteiger partial charge in [-0.2, -0.15) is 5.10 Å². The SMILES string of the molecule is Cc1ccccc1-c1nc(Nc2n[nH]c3ccccc23)c2ccccc2n1. The van der Waals surface area contributed by atoms with Gasteiger partial charge in [0.2, 0.25) is 0 Å². The van der Waals surface area contributed by atoms with E-state index in [0.29, 0.717) is 5.82 Å². The summed E-state index contributed by atoms with van der Waals surface area (Å²) in [7, 11) is 0. The average molecular weight is 351 g/mol. The molecule has 0 atom stereocenters. The molecular weight excluding hydrogens is 334 g/mol. The number of nitrogens with one attached hydrogen (secondary N) is 2. The number of benzene rings is 3. The van der Waals surface area contributed by atoms with Crippen molar-refractivity contribution < 1.29 is 0 Å². The summed E-state index contributed by atoms with van der Waals surface area (Å²) in [6.07, 6.45) is 0.